The van der Waals surface area contributed by atoms with Crippen LogP contribution in [0, 0.1) is 5.41 Å². The molecule has 0 N–H and O–H groups in total. The van der Waals surface area contributed by atoms with E-state index in [0.29, 0.717) is 0 Å². The van der Waals surface area contributed by atoms with Gasteiger partial charge in [0.05, 0.1) is 0 Å². The lowest BCUT2D eigenvalue weighted by atomic mass is 9.84. The molecule has 0 aromatic heterocycles. The van der Waals surface area contributed by atoms with Crippen LogP contribution in [0.5, 0.6) is 0 Å². The van der Waals surface area contributed by atoms with Gasteiger partial charge in [-0.15, -0.1) is 0 Å². The molecule has 0 saturated carbocycles. The molecule has 3 heteroatoms. The van der Waals surface area contributed by atoms with Gasteiger partial charge in [0.25, 0.3) is 0 Å². The Balaban J connectivity index is 4.26. The molecule has 0 radical (unpaired) electrons. The van der Waals surface area contributed by atoms with Crippen LogP contribution >= 0.6 is 0 Å². The van der Waals surface area contributed by atoms with Crippen LogP contribution in [0.4, 0.5) is 0 Å². The first-order chi connectivity index (χ1) is 6.58. The van der Waals surface area contributed by atoms with E-state index in [1.807, 2.05) is 20.8 Å². The molecular weight excluding hydrogens is 192 g/mol. The van der Waals surface area contributed by atoms with Crippen LogP contribution in [0.15, 0.2) is 0 Å². The molecule has 0 saturated heterocycles. The molecule has 0 aromatic rings. The van der Waals surface area contributed by atoms with E-state index in [2.05, 4.69) is 0 Å². The average Bonchev–Trinajstić information content (AvgIpc) is 2.00. The Hall–Kier alpha value is -0.860. The predicted octanol–water partition coefficient (Wildman–Crippen LogP) is 2.72. The van der Waals surface area contributed by atoms with E-state index in [1.54, 1.807) is 20.8 Å². The van der Waals surface area contributed by atoms with Crippen LogP contribution in [-0.2, 0) is 14.3 Å². The summed E-state index contributed by atoms with van der Waals surface area (Å²) < 4.78 is 5.09. The Labute approximate surface area is 92.2 Å². The van der Waals surface area contributed by atoms with E-state index in [4.69, 9.17) is 4.74 Å². The lowest BCUT2D eigenvalue weighted by Gasteiger charge is -2.23. The highest BCUT2D eigenvalue weighted by Gasteiger charge is 2.28. The van der Waals surface area contributed by atoms with E-state index in [-0.39, 0.29) is 12.2 Å². The van der Waals surface area contributed by atoms with Gasteiger partial charge in [-0.25, -0.2) is 0 Å². The molecule has 0 aromatic carbocycles. The quantitative estimate of drug-likeness (QED) is 0.534. The van der Waals surface area contributed by atoms with Gasteiger partial charge in [-0.3, -0.25) is 9.59 Å². The monoisotopic (exact) mass is 214 g/mol. The van der Waals surface area contributed by atoms with Crippen LogP contribution in [0.1, 0.15) is 54.4 Å². The molecule has 0 bridgehead atoms. The highest BCUT2D eigenvalue weighted by atomic mass is 16.6. The molecule has 0 fully saturated rings. The van der Waals surface area contributed by atoms with Crippen molar-refractivity contribution in [2.75, 3.05) is 0 Å². The average molecular weight is 214 g/mol. The van der Waals surface area contributed by atoms with E-state index in [1.165, 1.54) is 0 Å². The number of rotatable bonds is 4. The Bertz CT molecular complexity index is 246. The van der Waals surface area contributed by atoms with Gasteiger partial charge in [0.1, 0.15) is 17.8 Å². The molecule has 0 unspecified atom stereocenters. The first-order valence-electron chi connectivity index (χ1n) is 5.33. The Kier molecular flexibility index (Phi) is 4.50. The van der Waals surface area contributed by atoms with Crippen molar-refractivity contribution >= 4 is 11.8 Å². The number of ether oxygens (including phenoxy) is 1. The molecule has 0 heterocycles. The van der Waals surface area contributed by atoms with Crippen molar-refractivity contribution in [3.63, 3.8) is 0 Å². The van der Waals surface area contributed by atoms with Gasteiger partial charge in [-0.2, -0.15) is 0 Å². The fraction of sp³-hybridized carbons (Fsp3) is 0.833. The third kappa shape index (κ3) is 5.55. The van der Waals surface area contributed by atoms with Gasteiger partial charge in [0, 0.05) is 5.41 Å². The molecule has 0 aliphatic heterocycles. The third-order valence-electron chi connectivity index (χ3n) is 2.36. The maximum atomic E-state index is 11.7. The van der Waals surface area contributed by atoms with Gasteiger partial charge in [-0.05, 0) is 27.2 Å². The lowest BCUT2D eigenvalue weighted by Crippen LogP contribution is -2.30. The second kappa shape index (κ2) is 4.77. The predicted molar refractivity (Wildman–Crippen MR) is 59.5 cm³/mol. The molecule has 88 valence electrons. The maximum Gasteiger partial charge on any atom is 0.313 e. The van der Waals surface area contributed by atoms with E-state index < -0.39 is 17.0 Å². The molecule has 0 rings (SSSR count). The summed E-state index contributed by atoms with van der Waals surface area (Å²) >= 11 is 0. The first-order valence-corrected chi connectivity index (χ1v) is 5.33. The lowest BCUT2D eigenvalue weighted by molar-refractivity contribution is -0.157. The molecule has 0 aliphatic rings. The number of ketones is 1. The fourth-order valence-corrected chi connectivity index (χ4v) is 0.945. The third-order valence-corrected chi connectivity index (χ3v) is 2.36. The Morgan fingerprint density at radius 1 is 1.07 bits per heavy atom. The Morgan fingerprint density at radius 2 is 1.53 bits per heavy atom. The van der Waals surface area contributed by atoms with E-state index in [9.17, 15) is 9.59 Å². The summed E-state index contributed by atoms with van der Waals surface area (Å²) in [6.45, 7) is 11.0. The SMILES string of the molecule is CCC(C)(C)C(=O)CC(=O)OC(C)(C)C. The minimum absolute atomic E-state index is 0.0562. The summed E-state index contributed by atoms with van der Waals surface area (Å²) in [4.78, 5) is 23.1. The van der Waals surface area contributed by atoms with Crippen molar-refractivity contribution in [2.45, 2.75) is 60.0 Å². The van der Waals surface area contributed by atoms with E-state index in [0.717, 1.165) is 6.42 Å². The maximum absolute atomic E-state index is 11.7. The summed E-state index contributed by atoms with van der Waals surface area (Å²) in [5.41, 5.74) is -0.954. The summed E-state index contributed by atoms with van der Waals surface area (Å²) in [7, 11) is 0. The summed E-state index contributed by atoms with van der Waals surface area (Å²) in [6.07, 6.45) is 0.604. The van der Waals surface area contributed by atoms with Gasteiger partial charge < -0.3 is 4.74 Å². The van der Waals surface area contributed by atoms with Gasteiger partial charge in [-0.1, -0.05) is 20.8 Å². The van der Waals surface area contributed by atoms with Crippen LogP contribution < -0.4 is 0 Å². The zero-order valence-electron chi connectivity index (χ0n) is 10.6. The van der Waals surface area contributed by atoms with Gasteiger partial charge in [0.2, 0.25) is 0 Å². The highest BCUT2D eigenvalue weighted by Crippen LogP contribution is 2.23. The largest absolute Gasteiger partial charge is 0.460 e. The molecule has 0 spiro atoms. The summed E-state index contributed by atoms with van der Waals surface area (Å²) in [5, 5.41) is 0. The second-order valence-electron chi connectivity index (χ2n) is 5.42. The molecule has 0 atom stereocenters. The number of carbonyl (C=O) groups is 2. The number of hydrogen-bond donors (Lipinski definition) is 0. The second-order valence-corrected chi connectivity index (χ2v) is 5.42. The minimum Gasteiger partial charge on any atom is -0.460 e. The molecule has 0 amide bonds. The molecular formula is C12H22O3. The standard InChI is InChI=1S/C12H22O3/c1-7-12(5,6)9(13)8-10(14)15-11(2,3)4/h7-8H2,1-6H3. The first kappa shape index (κ1) is 14.1. The van der Waals surface area contributed by atoms with Crippen LogP contribution in [0.2, 0.25) is 0 Å². The summed E-state index contributed by atoms with van der Waals surface area (Å²) in [5.74, 6) is -0.492. The van der Waals surface area contributed by atoms with Gasteiger partial charge >= 0.3 is 5.97 Å². The highest BCUT2D eigenvalue weighted by molar-refractivity contribution is 5.98. The zero-order valence-corrected chi connectivity index (χ0v) is 10.6. The Morgan fingerprint density at radius 3 is 1.87 bits per heavy atom. The van der Waals surface area contributed by atoms with Crippen molar-refractivity contribution in [3.05, 3.63) is 0 Å². The number of esters is 1. The van der Waals surface area contributed by atoms with Crippen molar-refractivity contribution < 1.29 is 14.3 Å². The van der Waals surface area contributed by atoms with Crippen LogP contribution in [0.3, 0.4) is 0 Å². The number of carbonyl (C=O) groups excluding carboxylic acids is 2. The zero-order chi connectivity index (χ0) is 12.3. The molecule has 15 heavy (non-hydrogen) atoms. The van der Waals surface area contributed by atoms with Crippen LogP contribution in [0.25, 0.3) is 0 Å². The molecule has 0 aliphatic carbocycles. The van der Waals surface area contributed by atoms with Crippen LogP contribution in [-0.4, -0.2) is 17.4 Å². The van der Waals surface area contributed by atoms with Gasteiger partial charge in [0.15, 0.2) is 0 Å². The smallest absolute Gasteiger partial charge is 0.313 e. The van der Waals surface area contributed by atoms with E-state index >= 15 is 0 Å². The van der Waals surface area contributed by atoms with Crippen molar-refractivity contribution in [3.8, 4) is 0 Å². The van der Waals surface area contributed by atoms with Crippen molar-refractivity contribution in [2.24, 2.45) is 5.41 Å². The normalized spacial score (nSPS) is 12.4. The summed E-state index contributed by atoms with van der Waals surface area (Å²) in [6, 6.07) is 0. The van der Waals surface area contributed by atoms with Crippen molar-refractivity contribution in [1.82, 2.24) is 0 Å². The molecule has 3 nitrogen and oxygen atoms in total. The number of hydrogen-bond acceptors (Lipinski definition) is 3. The topological polar surface area (TPSA) is 43.4 Å². The fourth-order valence-electron chi connectivity index (χ4n) is 0.945. The van der Waals surface area contributed by atoms with Crippen molar-refractivity contribution in [1.29, 1.82) is 0 Å². The minimum atomic E-state index is -0.520. The number of Topliss-reactive ketones (excluding diaryl/α,β-unsaturated/α-hetero) is 1.